The van der Waals surface area contributed by atoms with Gasteiger partial charge in [-0.1, -0.05) is 97.1 Å². The van der Waals surface area contributed by atoms with Crippen molar-refractivity contribution in [2.45, 2.75) is 26.3 Å². The van der Waals surface area contributed by atoms with Crippen LogP contribution in [0.25, 0.3) is 33.4 Å². The maximum Gasteiger partial charge on any atom is 0.147 e. The molecule has 0 bridgehead atoms. The fraction of sp³-hybridized carbons (Fsp3) is 0.118. The van der Waals surface area contributed by atoms with E-state index in [9.17, 15) is 4.39 Å². The summed E-state index contributed by atoms with van der Waals surface area (Å²) in [5, 5.41) is 0. The highest BCUT2D eigenvalue weighted by Crippen LogP contribution is 2.42. The van der Waals surface area contributed by atoms with Gasteiger partial charge in [-0.2, -0.15) is 0 Å². The van der Waals surface area contributed by atoms with Gasteiger partial charge in [0, 0.05) is 5.54 Å². The van der Waals surface area contributed by atoms with Gasteiger partial charge >= 0.3 is 0 Å². The van der Waals surface area contributed by atoms with Crippen molar-refractivity contribution < 1.29 is 8.78 Å². The molecule has 5 aromatic rings. The van der Waals surface area contributed by atoms with E-state index in [1.807, 2.05) is 75.4 Å². The van der Waals surface area contributed by atoms with Gasteiger partial charge in [0.25, 0.3) is 0 Å². The summed E-state index contributed by atoms with van der Waals surface area (Å²) in [7, 11) is 0. The maximum atomic E-state index is 16.0. The van der Waals surface area contributed by atoms with Gasteiger partial charge in [0.2, 0.25) is 0 Å². The Morgan fingerprint density at radius 2 is 0.919 bits per heavy atom. The fourth-order valence-electron chi connectivity index (χ4n) is 4.79. The van der Waals surface area contributed by atoms with E-state index in [-0.39, 0.29) is 0 Å². The van der Waals surface area contributed by atoms with E-state index in [2.05, 4.69) is 36.4 Å². The molecule has 0 spiro atoms. The summed E-state index contributed by atoms with van der Waals surface area (Å²) in [6.07, 6.45) is 0. The van der Waals surface area contributed by atoms with Crippen molar-refractivity contribution >= 4 is 11.4 Å². The van der Waals surface area contributed by atoms with Crippen LogP contribution in [0, 0.1) is 11.6 Å². The second-order valence-corrected chi connectivity index (χ2v) is 10.1. The lowest BCUT2D eigenvalue weighted by atomic mass is 9.91. The zero-order chi connectivity index (χ0) is 26.0. The lowest BCUT2D eigenvalue weighted by Gasteiger charge is -2.38. The molecule has 0 heterocycles. The average Bonchev–Trinajstić information content (AvgIpc) is 2.91. The van der Waals surface area contributed by atoms with Crippen LogP contribution in [0.1, 0.15) is 20.8 Å². The SMILES string of the molecule is CC(C)(C)N(c1ccccc1F)c1cc(-c2ccc(-c3ccccc3)cc2)c(-c2ccccc2)cc1F. The normalized spacial score (nSPS) is 11.4. The van der Waals surface area contributed by atoms with Crippen LogP contribution in [0.3, 0.4) is 0 Å². The molecule has 3 heteroatoms. The fourth-order valence-corrected chi connectivity index (χ4v) is 4.79. The maximum absolute atomic E-state index is 16.0. The Bertz CT molecular complexity index is 1500. The van der Waals surface area contributed by atoms with Gasteiger partial charge in [0.15, 0.2) is 0 Å². The summed E-state index contributed by atoms with van der Waals surface area (Å²) >= 11 is 0. The van der Waals surface area contributed by atoms with Gasteiger partial charge in [-0.15, -0.1) is 0 Å². The molecule has 0 aliphatic heterocycles. The number of benzene rings is 5. The van der Waals surface area contributed by atoms with E-state index in [1.165, 1.54) is 6.07 Å². The number of rotatable bonds is 5. The monoisotopic (exact) mass is 489 g/mol. The highest BCUT2D eigenvalue weighted by molar-refractivity contribution is 5.88. The molecule has 37 heavy (non-hydrogen) atoms. The van der Waals surface area contributed by atoms with Crippen molar-refractivity contribution in [3.63, 3.8) is 0 Å². The molecule has 0 fully saturated rings. The smallest absolute Gasteiger partial charge is 0.147 e. The van der Waals surface area contributed by atoms with Crippen LogP contribution in [0.15, 0.2) is 121 Å². The molecule has 0 atom stereocenters. The molecule has 0 saturated carbocycles. The molecule has 184 valence electrons. The van der Waals surface area contributed by atoms with Crippen LogP contribution in [-0.4, -0.2) is 5.54 Å². The van der Waals surface area contributed by atoms with Crippen molar-refractivity contribution in [3.8, 4) is 33.4 Å². The minimum absolute atomic E-state index is 0.333. The van der Waals surface area contributed by atoms with Gasteiger partial charge in [0.1, 0.15) is 11.6 Å². The number of nitrogens with zero attached hydrogens (tertiary/aromatic N) is 1. The largest absolute Gasteiger partial charge is 0.331 e. The van der Waals surface area contributed by atoms with Gasteiger partial charge in [-0.05, 0) is 78.4 Å². The summed E-state index contributed by atoms with van der Waals surface area (Å²) in [6.45, 7) is 5.87. The van der Waals surface area contributed by atoms with Gasteiger partial charge in [0.05, 0.1) is 11.4 Å². The molecule has 0 amide bonds. The molecule has 0 radical (unpaired) electrons. The first-order valence-electron chi connectivity index (χ1n) is 12.4. The van der Waals surface area contributed by atoms with E-state index in [4.69, 9.17) is 0 Å². The first kappa shape index (κ1) is 24.5. The predicted molar refractivity (Wildman–Crippen MR) is 151 cm³/mol. The second kappa shape index (κ2) is 10.0. The van der Waals surface area contributed by atoms with Crippen LogP contribution in [0.5, 0.6) is 0 Å². The third-order valence-electron chi connectivity index (χ3n) is 6.48. The molecular weight excluding hydrogens is 460 g/mol. The molecule has 5 rings (SSSR count). The zero-order valence-electron chi connectivity index (χ0n) is 21.3. The van der Waals surface area contributed by atoms with Crippen molar-refractivity contribution in [2.24, 2.45) is 0 Å². The molecule has 0 aromatic heterocycles. The number of para-hydroxylation sites is 1. The Labute approximate surface area is 217 Å². The molecular formula is C34H29F2N. The zero-order valence-corrected chi connectivity index (χ0v) is 21.3. The summed E-state index contributed by atoms with van der Waals surface area (Å²) in [5.74, 6) is -0.792. The molecule has 0 saturated heterocycles. The Morgan fingerprint density at radius 3 is 1.51 bits per heavy atom. The van der Waals surface area contributed by atoms with E-state index in [0.29, 0.717) is 11.4 Å². The van der Waals surface area contributed by atoms with E-state index < -0.39 is 17.2 Å². The van der Waals surface area contributed by atoms with Gasteiger partial charge in [-0.25, -0.2) is 8.78 Å². The van der Waals surface area contributed by atoms with Gasteiger partial charge in [-0.3, -0.25) is 0 Å². The molecule has 1 nitrogen and oxygen atoms in total. The number of halogens is 2. The highest BCUT2D eigenvalue weighted by atomic mass is 19.1. The van der Waals surface area contributed by atoms with Gasteiger partial charge < -0.3 is 4.90 Å². The molecule has 0 N–H and O–H groups in total. The number of anilines is 2. The number of hydrogen-bond donors (Lipinski definition) is 0. The van der Waals surface area contributed by atoms with Crippen LogP contribution >= 0.6 is 0 Å². The Hall–Kier alpha value is -4.24. The lowest BCUT2D eigenvalue weighted by molar-refractivity contribution is 0.527. The van der Waals surface area contributed by atoms with E-state index in [1.54, 1.807) is 29.2 Å². The molecule has 5 aromatic carbocycles. The minimum Gasteiger partial charge on any atom is -0.331 e. The van der Waals surface area contributed by atoms with E-state index in [0.717, 1.165) is 33.4 Å². The molecule has 0 unspecified atom stereocenters. The summed E-state index contributed by atoms with van der Waals surface area (Å²) in [5.41, 5.74) is 5.89. The summed E-state index contributed by atoms with van der Waals surface area (Å²) in [4.78, 5) is 1.74. The first-order chi connectivity index (χ1) is 17.8. The van der Waals surface area contributed by atoms with Crippen molar-refractivity contribution in [1.82, 2.24) is 0 Å². The second-order valence-electron chi connectivity index (χ2n) is 10.1. The standard InChI is InChI=1S/C34H29F2N/c1-34(2,3)37(32-17-11-10-16-30(32)35)33-23-29(28(22-31(33)36)26-14-8-5-9-15-26)27-20-18-25(19-21-27)24-12-6-4-7-13-24/h4-23H,1-3H3. The number of hydrogen-bond acceptors (Lipinski definition) is 1. The van der Waals surface area contributed by atoms with Crippen molar-refractivity contribution in [2.75, 3.05) is 4.90 Å². The highest BCUT2D eigenvalue weighted by Gasteiger charge is 2.29. The topological polar surface area (TPSA) is 3.24 Å². The minimum atomic E-state index is -0.578. The average molecular weight is 490 g/mol. The van der Waals surface area contributed by atoms with E-state index >= 15 is 4.39 Å². The Morgan fingerprint density at radius 1 is 0.459 bits per heavy atom. The van der Waals surface area contributed by atoms with Crippen LogP contribution in [-0.2, 0) is 0 Å². The Kier molecular flexibility index (Phi) is 6.62. The van der Waals surface area contributed by atoms with Crippen molar-refractivity contribution in [1.29, 1.82) is 0 Å². The van der Waals surface area contributed by atoms with Crippen LogP contribution < -0.4 is 4.90 Å². The summed E-state index contributed by atoms with van der Waals surface area (Å²) in [6, 6.07) is 38.3. The van der Waals surface area contributed by atoms with Crippen LogP contribution in [0.4, 0.5) is 20.2 Å². The molecule has 0 aliphatic rings. The van der Waals surface area contributed by atoms with Crippen molar-refractivity contribution in [3.05, 3.63) is 133 Å². The van der Waals surface area contributed by atoms with Crippen LogP contribution in [0.2, 0.25) is 0 Å². The summed E-state index contributed by atoms with van der Waals surface area (Å²) < 4.78 is 30.9. The quantitative estimate of drug-likeness (QED) is 0.237. The Balaban J connectivity index is 1.71. The first-order valence-corrected chi connectivity index (χ1v) is 12.4. The molecule has 0 aliphatic carbocycles. The third-order valence-corrected chi connectivity index (χ3v) is 6.48. The predicted octanol–water partition coefficient (Wildman–Crippen LogP) is 9.90. The lowest BCUT2D eigenvalue weighted by Crippen LogP contribution is -2.38. The third kappa shape index (κ3) is 5.03.